The molecule has 0 aliphatic heterocycles. The zero-order valence-electron chi connectivity index (χ0n) is 6.22. The Morgan fingerprint density at radius 2 is 2.10 bits per heavy atom. The van der Waals surface area contributed by atoms with Crippen LogP contribution in [0.5, 0.6) is 5.75 Å². The summed E-state index contributed by atoms with van der Waals surface area (Å²) in [6.07, 6.45) is 0. The first-order valence-corrected chi connectivity index (χ1v) is 2.68. The molecule has 0 heterocycles. The molecule has 0 saturated heterocycles. The van der Waals surface area contributed by atoms with Crippen LogP contribution in [0.1, 0.15) is 0 Å². The Hall–Kier alpha value is -0.180. The van der Waals surface area contributed by atoms with Gasteiger partial charge in [-0.15, -0.1) is 5.69 Å². The largest absolute Gasteiger partial charge is 1.00 e. The summed E-state index contributed by atoms with van der Waals surface area (Å²) in [6, 6.07) is 6.99. The van der Waals surface area contributed by atoms with Gasteiger partial charge in [-0.1, -0.05) is 12.1 Å². The monoisotopic (exact) mass is 145 g/mol. The van der Waals surface area contributed by atoms with E-state index in [1.165, 1.54) is 0 Å². The van der Waals surface area contributed by atoms with Crippen molar-refractivity contribution in [2.45, 2.75) is 0 Å². The smallest absolute Gasteiger partial charge is 0.699 e. The average molecular weight is 145 g/mol. The average Bonchev–Trinajstić information content (AvgIpc) is 1.88. The van der Waals surface area contributed by atoms with Crippen LogP contribution in [0.3, 0.4) is 0 Å². The molecule has 3 heteroatoms. The molecule has 48 valence electrons. The van der Waals surface area contributed by atoms with Gasteiger partial charge < -0.3 is 10.5 Å². The number of hydrogen-bond acceptors (Lipinski definition) is 1. The number of nitrogens with one attached hydrogen (secondary N) is 1. The minimum Gasteiger partial charge on any atom is -0.699 e. The molecule has 0 spiro atoms. The van der Waals surface area contributed by atoms with E-state index in [0.717, 1.165) is 5.75 Å². The van der Waals surface area contributed by atoms with E-state index in [2.05, 4.69) is 0 Å². The molecule has 1 rings (SSSR count). The molecule has 1 aromatic rings. The van der Waals surface area contributed by atoms with Crippen molar-refractivity contribution in [2.75, 3.05) is 7.11 Å². The first-order chi connectivity index (χ1) is 4.33. The Morgan fingerprint density at radius 1 is 1.40 bits per heavy atom. The minimum atomic E-state index is 0. The van der Waals surface area contributed by atoms with E-state index in [-0.39, 0.29) is 29.6 Å². The van der Waals surface area contributed by atoms with Crippen molar-refractivity contribution in [3.63, 3.8) is 0 Å². The standard InChI is InChI=1S/C7H8NO.Na/c1-9-7-4-2-3-6(8)5-7;/h2-5,8H,1H3;/q-1;+1. The van der Waals surface area contributed by atoms with Gasteiger partial charge >= 0.3 is 29.6 Å². The molecule has 0 atom stereocenters. The Bertz CT molecular complexity index is 203. The number of rotatable bonds is 1. The molecule has 0 saturated carbocycles. The van der Waals surface area contributed by atoms with Gasteiger partial charge in [-0.25, -0.2) is 0 Å². The molecular formula is C7H8NNaO. The zero-order chi connectivity index (χ0) is 6.69. The molecule has 0 unspecified atom stereocenters. The number of ether oxygens (including phenoxy) is 1. The first kappa shape index (κ1) is 9.82. The number of methoxy groups -OCH3 is 1. The fourth-order valence-electron chi connectivity index (χ4n) is 0.623. The van der Waals surface area contributed by atoms with Crippen LogP contribution in [0.4, 0.5) is 5.69 Å². The maximum atomic E-state index is 7.16. The molecule has 1 aromatic carbocycles. The molecule has 0 amide bonds. The molecule has 0 aliphatic rings. The summed E-state index contributed by atoms with van der Waals surface area (Å²) in [4.78, 5) is 0. The Kier molecular flexibility index (Phi) is 4.52. The van der Waals surface area contributed by atoms with Crippen molar-refractivity contribution in [1.82, 2.24) is 0 Å². The van der Waals surface area contributed by atoms with E-state index in [1.54, 1.807) is 25.3 Å². The summed E-state index contributed by atoms with van der Waals surface area (Å²) in [7, 11) is 1.59. The van der Waals surface area contributed by atoms with Crippen LogP contribution in [-0.2, 0) is 0 Å². The summed E-state index contributed by atoms with van der Waals surface area (Å²) >= 11 is 0. The molecular weight excluding hydrogens is 137 g/mol. The van der Waals surface area contributed by atoms with Gasteiger partial charge in [-0.2, -0.15) is 0 Å². The van der Waals surface area contributed by atoms with Crippen LogP contribution in [0.2, 0.25) is 0 Å². The molecule has 0 aliphatic carbocycles. The van der Waals surface area contributed by atoms with Crippen molar-refractivity contribution in [3.05, 3.63) is 30.0 Å². The van der Waals surface area contributed by atoms with Crippen LogP contribution < -0.4 is 34.3 Å². The molecule has 0 radical (unpaired) electrons. The van der Waals surface area contributed by atoms with Crippen molar-refractivity contribution in [3.8, 4) is 5.75 Å². The Balaban J connectivity index is 0.000000810. The predicted molar refractivity (Wildman–Crippen MR) is 37.0 cm³/mol. The fourth-order valence-corrected chi connectivity index (χ4v) is 0.623. The Morgan fingerprint density at radius 3 is 2.50 bits per heavy atom. The quantitative estimate of drug-likeness (QED) is 0.485. The topological polar surface area (TPSA) is 33.0 Å². The second-order valence-corrected chi connectivity index (χ2v) is 1.73. The van der Waals surface area contributed by atoms with E-state index in [0.29, 0.717) is 5.69 Å². The molecule has 1 N–H and O–H groups in total. The van der Waals surface area contributed by atoms with Gasteiger partial charge in [0.25, 0.3) is 0 Å². The third kappa shape index (κ3) is 2.60. The van der Waals surface area contributed by atoms with Crippen molar-refractivity contribution >= 4 is 5.69 Å². The Labute approximate surface area is 82.7 Å². The van der Waals surface area contributed by atoms with E-state index >= 15 is 0 Å². The van der Waals surface area contributed by atoms with Crippen LogP contribution in [0, 0.1) is 0 Å². The molecule has 0 fully saturated rings. The van der Waals surface area contributed by atoms with Crippen molar-refractivity contribution < 1.29 is 34.3 Å². The van der Waals surface area contributed by atoms with E-state index in [9.17, 15) is 0 Å². The van der Waals surface area contributed by atoms with Crippen molar-refractivity contribution in [2.24, 2.45) is 0 Å². The minimum absolute atomic E-state index is 0. The SMILES string of the molecule is COc1cccc([NH-])c1.[Na+]. The van der Waals surface area contributed by atoms with E-state index in [1.807, 2.05) is 6.07 Å². The molecule has 0 aromatic heterocycles. The third-order valence-electron chi connectivity index (χ3n) is 1.07. The zero-order valence-corrected chi connectivity index (χ0v) is 8.22. The van der Waals surface area contributed by atoms with Crippen LogP contribution >= 0.6 is 0 Å². The van der Waals surface area contributed by atoms with Crippen LogP contribution in [0.25, 0.3) is 5.73 Å². The number of benzene rings is 1. The summed E-state index contributed by atoms with van der Waals surface area (Å²) in [5, 5.41) is 0. The molecule has 10 heavy (non-hydrogen) atoms. The summed E-state index contributed by atoms with van der Waals surface area (Å²) < 4.78 is 4.88. The van der Waals surface area contributed by atoms with Gasteiger partial charge in [0.1, 0.15) is 5.75 Å². The molecule has 0 bridgehead atoms. The van der Waals surface area contributed by atoms with Crippen LogP contribution in [-0.4, -0.2) is 7.11 Å². The van der Waals surface area contributed by atoms with Gasteiger partial charge in [0.2, 0.25) is 0 Å². The normalized spacial score (nSPS) is 8.10. The van der Waals surface area contributed by atoms with Gasteiger partial charge in [0.15, 0.2) is 0 Å². The fraction of sp³-hybridized carbons (Fsp3) is 0.143. The van der Waals surface area contributed by atoms with Gasteiger partial charge in [-0.05, 0) is 12.1 Å². The second-order valence-electron chi connectivity index (χ2n) is 1.73. The first-order valence-electron chi connectivity index (χ1n) is 2.68. The predicted octanol–water partition coefficient (Wildman–Crippen LogP) is -0.617. The molecule has 2 nitrogen and oxygen atoms in total. The maximum absolute atomic E-state index is 7.16. The third-order valence-corrected chi connectivity index (χ3v) is 1.07. The maximum Gasteiger partial charge on any atom is 1.00 e. The number of hydrogen-bond donors (Lipinski definition) is 0. The van der Waals surface area contributed by atoms with E-state index < -0.39 is 0 Å². The van der Waals surface area contributed by atoms with Gasteiger partial charge in [0, 0.05) is 0 Å². The van der Waals surface area contributed by atoms with Gasteiger partial charge in [-0.3, -0.25) is 0 Å². The van der Waals surface area contributed by atoms with Crippen molar-refractivity contribution in [1.29, 1.82) is 0 Å². The summed E-state index contributed by atoms with van der Waals surface area (Å²) in [5.41, 5.74) is 7.64. The second kappa shape index (κ2) is 4.61. The summed E-state index contributed by atoms with van der Waals surface area (Å²) in [5.74, 6) is 0.738. The summed E-state index contributed by atoms with van der Waals surface area (Å²) in [6.45, 7) is 0. The van der Waals surface area contributed by atoms with Gasteiger partial charge in [0.05, 0.1) is 7.11 Å². The van der Waals surface area contributed by atoms with E-state index in [4.69, 9.17) is 10.5 Å². The van der Waals surface area contributed by atoms with Crippen LogP contribution in [0.15, 0.2) is 24.3 Å².